The Bertz CT molecular complexity index is 1700. The van der Waals surface area contributed by atoms with Crippen molar-refractivity contribution in [3.8, 4) is 0 Å². The molecule has 0 N–H and O–H groups in total. The van der Waals surface area contributed by atoms with Crippen molar-refractivity contribution in [2.24, 2.45) is 0 Å². The Hall–Kier alpha value is -3.01. The molecule has 0 amide bonds. The van der Waals surface area contributed by atoms with Gasteiger partial charge in [0.2, 0.25) is 0 Å². The third-order valence-electron chi connectivity index (χ3n) is 18.0. The number of likely N-dealkylation sites (N-methyl/N-ethyl adjacent to an activating group) is 1. The second kappa shape index (κ2) is 73.8. The molecule has 0 rings (SSSR count). The van der Waals surface area contributed by atoms with Crippen LogP contribution < -0.4 is 5.11 Å². The molecule has 0 aliphatic rings. The molecule has 9 nitrogen and oxygen atoms in total. The summed E-state index contributed by atoms with van der Waals surface area (Å²) in [5.74, 6) is -2.25. The molecule has 2 atom stereocenters. The van der Waals surface area contributed by atoms with Gasteiger partial charge in [-0.1, -0.05) is 383 Å². The van der Waals surface area contributed by atoms with Gasteiger partial charge in [0.15, 0.2) is 12.4 Å². The van der Waals surface area contributed by atoms with Crippen LogP contribution in [-0.2, 0) is 33.3 Å². The number of ether oxygens (including phenoxy) is 4. The van der Waals surface area contributed by atoms with Crippen molar-refractivity contribution < 1.29 is 42.9 Å². The number of rotatable bonds is 75. The normalized spacial score (nSPS) is 12.9. The van der Waals surface area contributed by atoms with E-state index in [4.69, 9.17) is 18.9 Å². The third kappa shape index (κ3) is 74.4. The molecule has 0 aromatic rings. The van der Waals surface area contributed by atoms with Crippen molar-refractivity contribution in [3.63, 3.8) is 0 Å². The quantitative estimate of drug-likeness (QED) is 0.0195. The van der Waals surface area contributed by atoms with Crippen LogP contribution in [0.4, 0.5) is 0 Å². The molecule has 0 aliphatic carbocycles. The molecule has 0 fully saturated rings. The molecule has 0 aromatic carbocycles. The van der Waals surface area contributed by atoms with Crippen LogP contribution in [0.25, 0.3) is 0 Å². The highest BCUT2D eigenvalue weighted by molar-refractivity contribution is 5.70. The number of unbranched alkanes of at least 4 members (excludes halogenated alkanes) is 50. The number of carboxylic acid groups (broad SMARTS) is 1. The van der Waals surface area contributed by atoms with Crippen molar-refractivity contribution in [2.75, 3.05) is 47.5 Å². The average molecular weight is 1290 g/mol. The summed E-state index contributed by atoms with van der Waals surface area (Å²) in [6.07, 6.45) is 94.9. The largest absolute Gasteiger partial charge is 0.545 e. The number of aliphatic carboxylic acids is 1. The molecular weight excluding hydrogens is 1140 g/mol. The van der Waals surface area contributed by atoms with E-state index in [0.717, 1.165) is 64.2 Å². The third-order valence-corrected chi connectivity index (χ3v) is 18.0. The van der Waals surface area contributed by atoms with Crippen molar-refractivity contribution in [1.29, 1.82) is 0 Å². The Morgan fingerprint density at radius 2 is 0.620 bits per heavy atom. The van der Waals surface area contributed by atoms with Crippen LogP contribution in [0.5, 0.6) is 0 Å². The topological polar surface area (TPSA) is 111 Å². The first kappa shape index (κ1) is 89.0. The summed E-state index contributed by atoms with van der Waals surface area (Å²) in [5.41, 5.74) is 0. The molecule has 0 saturated carbocycles. The lowest BCUT2D eigenvalue weighted by Crippen LogP contribution is -2.44. The zero-order chi connectivity index (χ0) is 66.8. The van der Waals surface area contributed by atoms with Gasteiger partial charge in [0, 0.05) is 12.8 Å². The maximum atomic E-state index is 13.0. The second-order valence-corrected chi connectivity index (χ2v) is 28.3. The molecule has 0 bridgehead atoms. The smallest absolute Gasteiger partial charge is 0.306 e. The Kier molecular flexibility index (Phi) is 71.4. The number of quaternary nitrogens is 1. The van der Waals surface area contributed by atoms with Crippen molar-refractivity contribution in [1.82, 2.24) is 0 Å². The van der Waals surface area contributed by atoms with Crippen molar-refractivity contribution >= 4 is 17.9 Å². The lowest BCUT2D eigenvalue weighted by Gasteiger charge is -2.26. The number of carboxylic acids is 1. The number of hydrogen-bond donors (Lipinski definition) is 0. The van der Waals surface area contributed by atoms with Gasteiger partial charge in [0.05, 0.1) is 40.3 Å². The summed E-state index contributed by atoms with van der Waals surface area (Å²) in [4.78, 5) is 37.6. The Morgan fingerprint density at radius 3 is 0.924 bits per heavy atom. The Morgan fingerprint density at radius 1 is 0.337 bits per heavy atom. The maximum absolute atomic E-state index is 13.0. The van der Waals surface area contributed by atoms with E-state index >= 15 is 0 Å². The molecule has 9 heteroatoms. The summed E-state index contributed by atoms with van der Waals surface area (Å²) in [6, 6.07) is 0. The Labute approximate surface area is 571 Å². The zero-order valence-electron chi connectivity index (χ0n) is 61.7. The first-order chi connectivity index (χ1) is 45.1. The van der Waals surface area contributed by atoms with Crippen LogP contribution in [0.2, 0.25) is 0 Å². The SMILES string of the molecule is CC/C=C\C/C=C\C/C=C\C/C=C\C/C=C\CCCCCCCCCCCCCCCCCCCCCC(=O)OC(COC(=O)CCCCCCCCCCCCCCCCCCCCCCCCCCCCCCCCCC)COC(OCC[N+](C)(C)C)C(=O)[O-]. The van der Waals surface area contributed by atoms with Gasteiger partial charge in [-0.05, 0) is 57.8 Å². The number of allylic oxidation sites excluding steroid dienone is 10. The molecule has 0 aromatic heterocycles. The number of hydrogen-bond acceptors (Lipinski definition) is 8. The lowest BCUT2D eigenvalue weighted by molar-refractivity contribution is -0.870. The van der Waals surface area contributed by atoms with E-state index < -0.39 is 24.3 Å². The summed E-state index contributed by atoms with van der Waals surface area (Å²) in [6.45, 7) is 4.71. The summed E-state index contributed by atoms with van der Waals surface area (Å²) < 4.78 is 22.9. The average Bonchev–Trinajstić information content (AvgIpc) is 3.70. The number of nitrogens with zero attached hydrogens (tertiary/aromatic N) is 1. The number of carbonyl (C=O) groups excluding carboxylic acids is 3. The van der Waals surface area contributed by atoms with E-state index in [1.807, 2.05) is 21.1 Å². The zero-order valence-corrected chi connectivity index (χ0v) is 61.7. The maximum Gasteiger partial charge on any atom is 0.306 e. The van der Waals surface area contributed by atoms with E-state index in [9.17, 15) is 19.5 Å². The second-order valence-electron chi connectivity index (χ2n) is 28.3. The minimum atomic E-state index is -1.62. The molecule has 0 radical (unpaired) electrons. The highest BCUT2D eigenvalue weighted by Crippen LogP contribution is 2.20. The van der Waals surface area contributed by atoms with E-state index in [1.54, 1.807) is 0 Å². The van der Waals surface area contributed by atoms with Crippen LogP contribution in [0.15, 0.2) is 60.8 Å². The standard InChI is InChI=1S/C83H153NO8/c1-6-8-10-12-14-16-18-20-22-24-26-28-30-32-34-36-38-40-41-42-44-46-48-50-52-54-56-58-60-62-64-66-68-70-72-74-81(86)92-79(78-91-83(82(87)88)89-76-75-84(3,4)5)77-90-80(85)73-71-69-67-65-63-61-59-57-55-53-51-49-47-45-43-39-37-35-33-31-29-27-25-23-21-19-17-15-13-11-9-7-2/h8,10,14,16,20,22,26,28,32,34,79,83H,6-7,9,11-13,15,17-19,21,23-25,27,29-31,33,35-78H2,1-5H3/b10-8-,16-14-,22-20-,28-26-,34-32-. The molecule has 0 saturated heterocycles. The molecule has 0 aliphatic heterocycles. The Balaban J connectivity index is 3.98. The van der Waals surface area contributed by atoms with Gasteiger partial charge in [-0.15, -0.1) is 0 Å². The fourth-order valence-corrected chi connectivity index (χ4v) is 12.0. The van der Waals surface area contributed by atoms with E-state index in [2.05, 4.69) is 74.6 Å². The minimum Gasteiger partial charge on any atom is -0.545 e. The van der Waals surface area contributed by atoms with Gasteiger partial charge in [-0.2, -0.15) is 0 Å². The van der Waals surface area contributed by atoms with E-state index in [-0.39, 0.29) is 32.2 Å². The highest BCUT2D eigenvalue weighted by Gasteiger charge is 2.22. The first-order valence-corrected chi connectivity index (χ1v) is 39.9. The fourth-order valence-electron chi connectivity index (χ4n) is 12.0. The van der Waals surface area contributed by atoms with E-state index in [1.165, 1.54) is 295 Å². The van der Waals surface area contributed by atoms with Gasteiger partial charge in [0.25, 0.3) is 0 Å². The summed E-state index contributed by atoms with van der Waals surface area (Å²) >= 11 is 0. The van der Waals surface area contributed by atoms with Crippen LogP contribution in [0.3, 0.4) is 0 Å². The van der Waals surface area contributed by atoms with Gasteiger partial charge >= 0.3 is 11.9 Å². The summed E-state index contributed by atoms with van der Waals surface area (Å²) in [5, 5.41) is 11.9. The molecular formula is C83H153NO8. The van der Waals surface area contributed by atoms with Crippen LogP contribution in [0, 0.1) is 0 Å². The lowest BCUT2D eigenvalue weighted by atomic mass is 10.0. The van der Waals surface area contributed by atoms with Gasteiger partial charge in [-0.25, -0.2) is 0 Å². The molecule has 92 heavy (non-hydrogen) atoms. The predicted octanol–water partition coefficient (Wildman–Crippen LogP) is 24.1. The fraction of sp³-hybridized carbons (Fsp3) is 0.843. The van der Waals surface area contributed by atoms with Crippen LogP contribution >= 0.6 is 0 Å². The first-order valence-electron chi connectivity index (χ1n) is 39.9. The van der Waals surface area contributed by atoms with Gasteiger partial charge in [-0.3, -0.25) is 9.59 Å². The number of esters is 2. The predicted molar refractivity (Wildman–Crippen MR) is 394 cm³/mol. The molecule has 0 heterocycles. The molecule has 2 unspecified atom stereocenters. The molecule has 538 valence electrons. The van der Waals surface area contributed by atoms with E-state index in [0.29, 0.717) is 23.9 Å². The number of carbonyl (C=O) groups is 3. The van der Waals surface area contributed by atoms with Gasteiger partial charge < -0.3 is 33.3 Å². The van der Waals surface area contributed by atoms with Crippen molar-refractivity contribution in [3.05, 3.63) is 60.8 Å². The van der Waals surface area contributed by atoms with Crippen molar-refractivity contribution in [2.45, 2.75) is 405 Å². The van der Waals surface area contributed by atoms with Crippen LogP contribution in [0.1, 0.15) is 393 Å². The monoisotopic (exact) mass is 1290 g/mol. The minimum absolute atomic E-state index is 0.150. The molecule has 0 spiro atoms. The van der Waals surface area contributed by atoms with Gasteiger partial charge in [0.1, 0.15) is 13.2 Å². The van der Waals surface area contributed by atoms with Crippen LogP contribution in [-0.4, -0.2) is 82.3 Å². The summed E-state index contributed by atoms with van der Waals surface area (Å²) in [7, 11) is 5.95. The highest BCUT2D eigenvalue weighted by atomic mass is 16.7.